The molecule has 1 aliphatic heterocycles. The zero-order valence-electron chi connectivity index (χ0n) is 19.3. The van der Waals surface area contributed by atoms with Gasteiger partial charge in [0.1, 0.15) is 17.2 Å². The van der Waals surface area contributed by atoms with Crippen LogP contribution in [-0.2, 0) is 6.54 Å². The lowest BCUT2D eigenvalue weighted by molar-refractivity contribution is -0.0494. The van der Waals surface area contributed by atoms with E-state index in [4.69, 9.17) is 10.2 Å². The number of nitrogens with two attached hydrogens (primary N) is 1. The van der Waals surface area contributed by atoms with Crippen LogP contribution < -0.4 is 5.73 Å². The number of nitrogens with zero attached hydrogens (tertiary/aromatic N) is 1. The molecule has 1 aromatic heterocycles. The van der Waals surface area contributed by atoms with Crippen molar-refractivity contribution in [1.82, 2.24) is 4.90 Å². The van der Waals surface area contributed by atoms with Gasteiger partial charge in [-0.2, -0.15) is 0 Å². The van der Waals surface area contributed by atoms with Gasteiger partial charge in [0, 0.05) is 42.4 Å². The maximum atomic E-state index is 13.7. The summed E-state index contributed by atoms with van der Waals surface area (Å²) < 4.78 is 46.6. The van der Waals surface area contributed by atoms with Gasteiger partial charge in [-0.25, -0.2) is 13.2 Å². The standard InChI is InChI=1S/C28H25F3N2O2/c1-17-12-22(29)6-7-24(17)25-15-20(13-21-14-23(16-32)35-26(21)25)18-2-4-19(5-3-18)27(34)33-10-8-28(30,31)9-11-33/h2-7,12-15H,8-11,16,32H2,1H3. The van der Waals surface area contributed by atoms with E-state index < -0.39 is 5.92 Å². The van der Waals surface area contributed by atoms with E-state index in [1.165, 1.54) is 17.0 Å². The molecule has 1 fully saturated rings. The Kier molecular flexibility index (Phi) is 5.89. The SMILES string of the molecule is Cc1cc(F)ccc1-c1cc(-c2ccc(C(=O)N3CCC(F)(F)CC3)cc2)cc2cc(CN)oc12. The minimum Gasteiger partial charge on any atom is -0.459 e. The molecule has 35 heavy (non-hydrogen) atoms. The number of aryl methyl sites for hydroxylation is 1. The first-order chi connectivity index (χ1) is 16.7. The van der Waals surface area contributed by atoms with Gasteiger partial charge in [-0.05, 0) is 71.6 Å². The van der Waals surface area contributed by atoms with Crippen LogP contribution in [0.25, 0.3) is 33.2 Å². The number of alkyl halides is 2. The Balaban J connectivity index is 1.50. The first-order valence-electron chi connectivity index (χ1n) is 11.5. The Labute approximate surface area is 201 Å². The number of rotatable bonds is 4. The van der Waals surface area contributed by atoms with Crippen molar-refractivity contribution in [3.63, 3.8) is 0 Å². The molecule has 180 valence electrons. The highest BCUT2D eigenvalue weighted by atomic mass is 19.3. The summed E-state index contributed by atoms with van der Waals surface area (Å²) in [6.45, 7) is 2.20. The van der Waals surface area contributed by atoms with Gasteiger partial charge in [0.25, 0.3) is 11.8 Å². The van der Waals surface area contributed by atoms with Crippen LogP contribution in [0, 0.1) is 12.7 Å². The first-order valence-corrected chi connectivity index (χ1v) is 11.5. The molecule has 0 bridgehead atoms. The van der Waals surface area contributed by atoms with E-state index in [-0.39, 0.29) is 44.2 Å². The highest BCUT2D eigenvalue weighted by Crippen LogP contribution is 2.37. The number of benzene rings is 3. The minimum absolute atomic E-state index is 0.0502. The van der Waals surface area contributed by atoms with Gasteiger partial charge in [0.15, 0.2) is 0 Å². The molecular formula is C28H25F3N2O2. The summed E-state index contributed by atoms with van der Waals surface area (Å²) in [4.78, 5) is 14.3. The Morgan fingerprint density at radius 3 is 2.34 bits per heavy atom. The van der Waals surface area contributed by atoms with E-state index in [2.05, 4.69) is 0 Å². The van der Waals surface area contributed by atoms with Gasteiger partial charge >= 0.3 is 0 Å². The number of amides is 1. The van der Waals surface area contributed by atoms with E-state index in [1.54, 1.807) is 18.2 Å². The maximum absolute atomic E-state index is 13.7. The summed E-state index contributed by atoms with van der Waals surface area (Å²) in [5.41, 5.74) is 11.2. The van der Waals surface area contributed by atoms with Gasteiger partial charge in [-0.15, -0.1) is 0 Å². The Morgan fingerprint density at radius 2 is 1.69 bits per heavy atom. The average Bonchev–Trinajstić information content (AvgIpc) is 3.27. The maximum Gasteiger partial charge on any atom is 0.253 e. The summed E-state index contributed by atoms with van der Waals surface area (Å²) >= 11 is 0. The van der Waals surface area contributed by atoms with Gasteiger partial charge in [-0.3, -0.25) is 4.79 Å². The summed E-state index contributed by atoms with van der Waals surface area (Å²) in [7, 11) is 0. The third kappa shape index (κ3) is 4.56. The molecular weight excluding hydrogens is 453 g/mol. The van der Waals surface area contributed by atoms with Crippen molar-refractivity contribution < 1.29 is 22.4 Å². The Hall–Kier alpha value is -3.58. The minimum atomic E-state index is -2.70. The van der Waals surface area contributed by atoms with E-state index in [1.807, 2.05) is 37.3 Å². The number of fused-ring (bicyclic) bond motifs is 1. The zero-order chi connectivity index (χ0) is 24.7. The summed E-state index contributed by atoms with van der Waals surface area (Å²) in [5.74, 6) is -2.60. The molecule has 4 aromatic rings. The van der Waals surface area contributed by atoms with Crippen molar-refractivity contribution in [2.75, 3.05) is 13.1 Å². The van der Waals surface area contributed by atoms with E-state index in [9.17, 15) is 18.0 Å². The second-order valence-corrected chi connectivity index (χ2v) is 9.04. The number of hydrogen-bond acceptors (Lipinski definition) is 3. The predicted octanol–water partition coefficient (Wildman–Crippen LogP) is 6.54. The van der Waals surface area contributed by atoms with Crippen molar-refractivity contribution >= 4 is 16.9 Å². The molecule has 2 N–H and O–H groups in total. The predicted molar refractivity (Wildman–Crippen MR) is 130 cm³/mol. The molecule has 1 amide bonds. The van der Waals surface area contributed by atoms with Crippen LogP contribution in [0.3, 0.4) is 0 Å². The Morgan fingerprint density at radius 1 is 0.971 bits per heavy atom. The molecule has 0 spiro atoms. The second kappa shape index (κ2) is 8.89. The van der Waals surface area contributed by atoms with Crippen LogP contribution in [0.4, 0.5) is 13.2 Å². The van der Waals surface area contributed by atoms with Crippen molar-refractivity contribution in [3.05, 3.63) is 83.4 Å². The summed E-state index contributed by atoms with van der Waals surface area (Å²) in [6.07, 6.45) is -0.615. The number of halogens is 3. The molecule has 0 radical (unpaired) electrons. The van der Waals surface area contributed by atoms with Gasteiger partial charge < -0.3 is 15.1 Å². The molecule has 5 rings (SSSR count). The quantitative estimate of drug-likeness (QED) is 0.362. The van der Waals surface area contributed by atoms with Crippen LogP contribution in [0.1, 0.15) is 34.5 Å². The monoisotopic (exact) mass is 478 g/mol. The van der Waals surface area contributed by atoms with Gasteiger partial charge in [-0.1, -0.05) is 18.2 Å². The molecule has 2 heterocycles. The van der Waals surface area contributed by atoms with Gasteiger partial charge in [0.2, 0.25) is 0 Å². The van der Waals surface area contributed by atoms with E-state index in [0.29, 0.717) is 16.9 Å². The number of carbonyl (C=O) groups excluding carboxylic acids is 1. The summed E-state index contributed by atoms with van der Waals surface area (Å²) in [6, 6.07) is 17.6. The highest BCUT2D eigenvalue weighted by Gasteiger charge is 2.35. The number of piperidine rings is 1. The van der Waals surface area contributed by atoms with Crippen molar-refractivity contribution in [2.45, 2.75) is 32.2 Å². The number of carbonyl (C=O) groups is 1. The van der Waals surface area contributed by atoms with Crippen LogP contribution in [0.15, 0.2) is 65.1 Å². The normalized spacial score (nSPS) is 15.5. The second-order valence-electron chi connectivity index (χ2n) is 9.04. The van der Waals surface area contributed by atoms with Crippen LogP contribution in [0.2, 0.25) is 0 Å². The number of likely N-dealkylation sites (tertiary alicyclic amines) is 1. The largest absolute Gasteiger partial charge is 0.459 e. The molecule has 1 aliphatic rings. The van der Waals surface area contributed by atoms with Crippen LogP contribution in [0.5, 0.6) is 0 Å². The van der Waals surface area contributed by atoms with Crippen molar-refractivity contribution in [2.24, 2.45) is 5.73 Å². The molecule has 0 atom stereocenters. The first kappa shape index (κ1) is 23.2. The topological polar surface area (TPSA) is 59.5 Å². The highest BCUT2D eigenvalue weighted by molar-refractivity contribution is 5.98. The fourth-order valence-corrected chi connectivity index (χ4v) is 4.63. The Bertz CT molecular complexity index is 1400. The van der Waals surface area contributed by atoms with Gasteiger partial charge in [0.05, 0.1) is 6.54 Å². The molecule has 0 unspecified atom stereocenters. The lowest BCUT2D eigenvalue weighted by Crippen LogP contribution is -2.42. The average molecular weight is 479 g/mol. The van der Waals surface area contributed by atoms with Crippen molar-refractivity contribution in [1.29, 1.82) is 0 Å². The van der Waals surface area contributed by atoms with Crippen molar-refractivity contribution in [3.8, 4) is 22.3 Å². The lowest BCUT2D eigenvalue weighted by atomic mass is 9.94. The molecule has 1 saturated heterocycles. The van der Waals surface area contributed by atoms with E-state index in [0.717, 1.165) is 33.2 Å². The van der Waals surface area contributed by atoms with E-state index >= 15 is 0 Å². The summed E-state index contributed by atoms with van der Waals surface area (Å²) in [5, 5.41) is 0.871. The smallest absolute Gasteiger partial charge is 0.253 e. The number of furan rings is 1. The fraction of sp³-hybridized carbons (Fsp3) is 0.250. The molecule has 4 nitrogen and oxygen atoms in total. The lowest BCUT2D eigenvalue weighted by Gasteiger charge is -2.31. The zero-order valence-corrected chi connectivity index (χ0v) is 19.3. The molecule has 0 saturated carbocycles. The third-order valence-electron chi connectivity index (χ3n) is 6.59. The fourth-order valence-electron chi connectivity index (χ4n) is 4.63. The molecule has 0 aliphatic carbocycles. The molecule has 3 aromatic carbocycles. The van der Waals surface area contributed by atoms with Crippen LogP contribution in [-0.4, -0.2) is 29.8 Å². The molecule has 7 heteroatoms. The third-order valence-corrected chi connectivity index (χ3v) is 6.59. The van der Waals surface area contributed by atoms with Crippen LogP contribution >= 0.6 is 0 Å². The number of hydrogen-bond donors (Lipinski definition) is 1.